The van der Waals surface area contributed by atoms with E-state index in [1.165, 1.54) is 17.5 Å². The molecule has 68 valence electrons. The monoisotopic (exact) mass is 188 g/mol. The molecule has 0 spiro atoms. The largest absolute Gasteiger partial charge is 0.0761 e. The van der Waals surface area contributed by atoms with Crippen molar-refractivity contribution in [3.05, 3.63) is 40.6 Å². The van der Waals surface area contributed by atoms with Gasteiger partial charge >= 0.3 is 0 Å². The minimum Gasteiger partial charge on any atom is -0.0761 e. The Morgan fingerprint density at radius 1 is 1.08 bits per heavy atom. The molecule has 0 bridgehead atoms. The first kappa shape index (κ1) is 8.76. The number of allylic oxidation sites excluding steroid dienone is 1. The van der Waals surface area contributed by atoms with Crippen LogP contribution in [0.25, 0.3) is 6.08 Å². The molecule has 2 rings (SSSR count). The second-order valence-corrected chi connectivity index (χ2v) is 9.94. The van der Waals surface area contributed by atoms with E-state index in [2.05, 4.69) is 50.0 Å². The number of hydrogen-bond donors (Lipinski definition) is 0. The highest BCUT2D eigenvalue weighted by Gasteiger charge is 2.23. The lowest BCUT2D eigenvalue weighted by molar-refractivity contribution is 1.26. The van der Waals surface area contributed by atoms with E-state index in [1.807, 2.05) is 0 Å². The van der Waals surface area contributed by atoms with Gasteiger partial charge in [-0.25, -0.2) is 0 Å². The fraction of sp³-hybridized carbons (Fsp3) is 0.333. The Balaban J connectivity index is 2.37. The third-order valence-corrected chi connectivity index (χ3v) is 4.98. The summed E-state index contributed by atoms with van der Waals surface area (Å²) in [6.45, 7) is 7.26. The predicted octanol–water partition coefficient (Wildman–Crippen LogP) is 3.50. The quantitative estimate of drug-likeness (QED) is 0.592. The van der Waals surface area contributed by atoms with Crippen molar-refractivity contribution in [2.45, 2.75) is 26.1 Å². The molecule has 0 unspecified atom stereocenters. The summed E-state index contributed by atoms with van der Waals surface area (Å²) in [6, 6.07) is 8.74. The van der Waals surface area contributed by atoms with Crippen molar-refractivity contribution in [2.75, 3.05) is 0 Å². The highest BCUT2D eigenvalue weighted by atomic mass is 28.3. The normalized spacial score (nSPS) is 15.5. The summed E-state index contributed by atoms with van der Waals surface area (Å²) in [5.41, 5.74) is 2.96. The van der Waals surface area contributed by atoms with Crippen LogP contribution in [-0.4, -0.2) is 8.07 Å². The van der Waals surface area contributed by atoms with Crippen molar-refractivity contribution in [3.63, 3.8) is 0 Å². The van der Waals surface area contributed by atoms with E-state index in [4.69, 9.17) is 0 Å². The molecule has 0 saturated carbocycles. The predicted molar refractivity (Wildman–Crippen MR) is 61.5 cm³/mol. The molecule has 0 aromatic heterocycles. The molecular weight excluding hydrogens is 172 g/mol. The third-order valence-electron chi connectivity index (χ3n) is 2.73. The van der Waals surface area contributed by atoms with Crippen molar-refractivity contribution >= 4 is 14.1 Å². The van der Waals surface area contributed by atoms with Crippen LogP contribution in [0, 0.1) is 0 Å². The molecule has 0 heterocycles. The Labute approximate surface area is 81.3 Å². The summed E-state index contributed by atoms with van der Waals surface area (Å²) in [7, 11) is -1.06. The van der Waals surface area contributed by atoms with Gasteiger partial charge in [-0.05, 0) is 17.5 Å². The first-order valence-corrected chi connectivity index (χ1v) is 8.36. The molecule has 0 N–H and O–H groups in total. The summed E-state index contributed by atoms with van der Waals surface area (Å²) in [4.78, 5) is 0. The van der Waals surface area contributed by atoms with Gasteiger partial charge in [0.2, 0.25) is 0 Å². The fourth-order valence-corrected chi connectivity index (χ4v) is 3.07. The van der Waals surface area contributed by atoms with Gasteiger partial charge in [0.1, 0.15) is 0 Å². The first-order valence-electron chi connectivity index (χ1n) is 4.86. The van der Waals surface area contributed by atoms with Gasteiger partial charge in [0.25, 0.3) is 0 Å². The average Bonchev–Trinajstić information content (AvgIpc) is 2.45. The van der Waals surface area contributed by atoms with Crippen LogP contribution < -0.4 is 0 Å². The zero-order chi connectivity index (χ0) is 9.47. The van der Waals surface area contributed by atoms with Crippen LogP contribution in [0.2, 0.25) is 19.6 Å². The standard InChI is InChI=1S/C12H16Si/c1-13(2,3)12-8-10-6-4-5-7-11(10)9-12/h4-8H,9H2,1-3H3. The minimum absolute atomic E-state index is 1.06. The lowest BCUT2D eigenvalue weighted by atomic mass is 10.1. The molecular formula is C12H16Si. The SMILES string of the molecule is C[Si](C)(C)C1=Cc2ccccc2C1. The molecule has 1 aromatic rings. The Hall–Kier alpha value is -0.823. The van der Waals surface area contributed by atoms with Gasteiger partial charge in [0.05, 0.1) is 8.07 Å². The lowest BCUT2D eigenvalue weighted by Crippen LogP contribution is -2.23. The number of rotatable bonds is 1. The van der Waals surface area contributed by atoms with E-state index >= 15 is 0 Å². The number of fused-ring (bicyclic) bond motifs is 1. The molecule has 0 fully saturated rings. The molecule has 0 nitrogen and oxygen atoms in total. The van der Waals surface area contributed by atoms with Crippen molar-refractivity contribution in [1.82, 2.24) is 0 Å². The molecule has 0 radical (unpaired) electrons. The van der Waals surface area contributed by atoms with Gasteiger partial charge in [-0.1, -0.05) is 55.2 Å². The second-order valence-electron chi connectivity index (χ2n) is 4.80. The maximum Gasteiger partial charge on any atom is 0.0729 e. The van der Waals surface area contributed by atoms with Gasteiger partial charge in [-0.15, -0.1) is 0 Å². The minimum atomic E-state index is -1.06. The number of benzene rings is 1. The van der Waals surface area contributed by atoms with E-state index < -0.39 is 8.07 Å². The summed E-state index contributed by atoms with van der Waals surface area (Å²) >= 11 is 0. The summed E-state index contributed by atoms with van der Waals surface area (Å²) in [5.74, 6) is 0. The van der Waals surface area contributed by atoms with Crippen molar-refractivity contribution in [2.24, 2.45) is 0 Å². The van der Waals surface area contributed by atoms with Crippen LogP contribution in [-0.2, 0) is 6.42 Å². The van der Waals surface area contributed by atoms with E-state index in [9.17, 15) is 0 Å². The maximum atomic E-state index is 2.42. The highest BCUT2D eigenvalue weighted by molar-refractivity contribution is 6.83. The van der Waals surface area contributed by atoms with E-state index in [0.29, 0.717) is 0 Å². The van der Waals surface area contributed by atoms with E-state index in [1.54, 1.807) is 5.20 Å². The van der Waals surface area contributed by atoms with E-state index in [-0.39, 0.29) is 0 Å². The molecule has 1 aromatic carbocycles. The maximum absolute atomic E-state index is 2.42. The Morgan fingerprint density at radius 3 is 2.38 bits per heavy atom. The topological polar surface area (TPSA) is 0 Å². The summed E-state index contributed by atoms with van der Waals surface area (Å²) in [5, 5.41) is 1.69. The summed E-state index contributed by atoms with van der Waals surface area (Å²) in [6.07, 6.45) is 3.60. The molecule has 13 heavy (non-hydrogen) atoms. The second kappa shape index (κ2) is 2.84. The smallest absolute Gasteiger partial charge is 0.0729 e. The molecule has 1 aliphatic carbocycles. The highest BCUT2D eigenvalue weighted by Crippen LogP contribution is 2.30. The van der Waals surface area contributed by atoms with Gasteiger partial charge in [-0.2, -0.15) is 0 Å². The van der Waals surface area contributed by atoms with Crippen LogP contribution in [0.4, 0.5) is 0 Å². The fourth-order valence-electron chi connectivity index (χ4n) is 1.76. The molecule has 1 aliphatic rings. The van der Waals surface area contributed by atoms with E-state index in [0.717, 1.165) is 0 Å². The Kier molecular flexibility index (Phi) is 1.92. The zero-order valence-corrected chi connectivity index (χ0v) is 9.59. The van der Waals surface area contributed by atoms with Gasteiger partial charge in [0.15, 0.2) is 0 Å². The zero-order valence-electron chi connectivity index (χ0n) is 8.59. The third kappa shape index (κ3) is 1.61. The molecule has 0 saturated heterocycles. The first-order chi connectivity index (χ1) is 6.07. The van der Waals surface area contributed by atoms with Crippen LogP contribution in [0.15, 0.2) is 29.5 Å². The molecule has 1 heteroatoms. The van der Waals surface area contributed by atoms with Crippen molar-refractivity contribution < 1.29 is 0 Å². The van der Waals surface area contributed by atoms with Crippen molar-refractivity contribution in [1.29, 1.82) is 0 Å². The van der Waals surface area contributed by atoms with Crippen LogP contribution in [0.1, 0.15) is 11.1 Å². The average molecular weight is 188 g/mol. The molecule has 0 aliphatic heterocycles. The van der Waals surface area contributed by atoms with Gasteiger partial charge in [0, 0.05) is 0 Å². The Bertz CT molecular complexity index is 356. The van der Waals surface area contributed by atoms with Crippen LogP contribution in [0.3, 0.4) is 0 Å². The summed E-state index contributed by atoms with van der Waals surface area (Å²) < 4.78 is 0. The van der Waals surface area contributed by atoms with Gasteiger partial charge < -0.3 is 0 Å². The van der Waals surface area contributed by atoms with Crippen molar-refractivity contribution in [3.8, 4) is 0 Å². The Morgan fingerprint density at radius 2 is 1.77 bits per heavy atom. The molecule has 0 amide bonds. The van der Waals surface area contributed by atoms with Crippen LogP contribution in [0.5, 0.6) is 0 Å². The number of hydrogen-bond acceptors (Lipinski definition) is 0. The van der Waals surface area contributed by atoms with Crippen LogP contribution >= 0.6 is 0 Å². The lowest BCUT2D eigenvalue weighted by Gasteiger charge is -2.17. The molecule has 0 atom stereocenters. The van der Waals surface area contributed by atoms with Gasteiger partial charge in [-0.3, -0.25) is 0 Å².